The van der Waals surface area contributed by atoms with Gasteiger partial charge in [-0.15, -0.1) is 12.3 Å². The van der Waals surface area contributed by atoms with Crippen molar-refractivity contribution in [3.63, 3.8) is 0 Å². The second-order valence-corrected chi connectivity index (χ2v) is 4.48. The summed E-state index contributed by atoms with van der Waals surface area (Å²) in [6.07, 6.45) is 10.3. The molecule has 1 atom stereocenters. The van der Waals surface area contributed by atoms with E-state index in [2.05, 4.69) is 42.5 Å². The van der Waals surface area contributed by atoms with Crippen LogP contribution in [-0.2, 0) is 6.42 Å². The topological polar surface area (TPSA) is 38.0 Å². The molecule has 0 fully saturated rings. The first kappa shape index (κ1) is 13.8. The van der Waals surface area contributed by atoms with Gasteiger partial charge in [-0.05, 0) is 38.2 Å². The van der Waals surface area contributed by atoms with Gasteiger partial charge >= 0.3 is 0 Å². The third-order valence-corrected chi connectivity index (χ3v) is 3.01. The van der Waals surface area contributed by atoms with Crippen LogP contribution in [0.4, 0.5) is 0 Å². The molecule has 0 aliphatic heterocycles. The van der Waals surface area contributed by atoms with E-state index in [4.69, 9.17) is 12.3 Å². The van der Waals surface area contributed by atoms with Crippen molar-refractivity contribution in [2.45, 2.75) is 45.1 Å². The van der Waals surface area contributed by atoms with Crippen molar-refractivity contribution in [2.75, 3.05) is 0 Å². The standard InChI is InChI=1S/C15H22N2/c1-3-4-5-6-15(17-16)12-11-14-9-7-13(2)8-10-14/h1,7-10,15,17H,4-6,11-12,16H2,2H3. The summed E-state index contributed by atoms with van der Waals surface area (Å²) in [6.45, 7) is 2.11. The SMILES string of the molecule is C#CCCCC(CCc1ccc(C)cc1)NN. The number of nitrogens with two attached hydrogens (primary N) is 1. The van der Waals surface area contributed by atoms with Gasteiger partial charge in [0.15, 0.2) is 0 Å². The summed E-state index contributed by atoms with van der Waals surface area (Å²) in [7, 11) is 0. The highest BCUT2D eigenvalue weighted by Crippen LogP contribution is 2.10. The average molecular weight is 230 g/mol. The Labute approximate surface area is 105 Å². The predicted molar refractivity (Wildman–Crippen MR) is 73.3 cm³/mol. The number of hydrogen-bond acceptors (Lipinski definition) is 2. The molecule has 1 aromatic rings. The first-order valence-corrected chi connectivity index (χ1v) is 6.21. The largest absolute Gasteiger partial charge is 0.271 e. The van der Waals surface area contributed by atoms with Gasteiger partial charge < -0.3 is 0 Å². The molecule has 3 N–H and O–H groups in total. The maximum absolute atomic E-state index is 5.54. The number of unbranched alkanes of at least 4 members (excludes halogenated alkanes) is 1. The second kappa shape index (κ2) is 7.89. The van der Waals surface area contributed by atoms with Crippen LogP contribution in [0, 0.1) is 19.3 Å². The molecular weight excluding hydrogens is 208 g/mol. The molecule has 92 valence electrons. The van der Waals surface area contributed by atoms with Crippen LogP contribution < -0.4 is 11.3 Å². The van der Waals surface area contributed by atoms with Gasteiger partial charge in [-0.3, -0.25) is 11.3 Å². The lowest BCUT2D eigenvalue weighted by Gasteiger charge is -2.15. The van der Waals surface area contributed by atoms with Gasteiger partial charge in [-0.1, -0.05) is 29.8 Å². The van der Waals surface area contributed by atoms with E-state index in [0.717, 1.165) is 32.1 Å². The molecule has 1 rings (SSSR count). The van der Waals surface area contributed by atoms with Gasteiger partial charge in [-0.2, -0.15) is 0 Å². The lowest BCUT2D eigenvalue weighted by molar-refractivity contribution is 0.454. The minimum Gasteiger partial charge on any atom is -0.271 e. The molecule has 0 aromatic heterocycles. The minimum atomic E-state index is 0.365. The highest BCUT2D eigenvalue weighted by Gasteiger charge is 2.06. The quantitative estimate of drug-likeness (QED) is 0.327. The molecule has 0 heterocycles. The first-order valence-electron chi connectivity index (χ1n) is 6.21. The lowest BCUT2D eigenvalue weighted by atomic mass is 10.0. The Balaban J connectivity index is 2.32. The fourth-order valence-electron chi connectivity index (χ4n) is 1.86. The first-order chi connectivity index (χ1) is 8.26. The molecule has 17 heavy (non-hydrogen) atoms. The molecule has 0 saturated carbocycles. The van der Waals surface area contributed by atoms with E-state index in [0.29, 0.717) is 6.04 Å². The summed E-state index contributed by atoms with van der Waals surface area (Å²) in [5, 5.41) is 0. The van der Waals surface area contributed by atoms with E-state index < -0.39 is 0 Å². The fraction of sp³-hybridized carbons (Fsp3) is 0.467. The maximum Gasteiger partial charge on any atom is 0.0214 e. The lowest BCUT2D eigenvalue weighted by Crippen LogP contribution is -2.35. The summed E-state index contributed by atoms with van der Waals surface area (Å²) < 4.78 is 0. The smallest absolute Gasteiger partial charge is 0.0214 e. The maximum atomic E-state index is 5.54. The van der Waals surface area contributed by atoms with Gasteiger partial charge in [0, 0.05) is 12.5 Å². The molecular formula is C15H22N2. The van der Waals surface area contributed by atoms with Crippen molar-refractivity contribution in [3.05, 3.63) is 35.4 Å². The molecule has 0 amide bonds. The van der Waals surface area contributed by atoms with Crippen LogP contribution in [0.25, 0.3) is 0 Å². The van der Waals surface area contributed by atoms with Crippen LogP contribution in [0.1, 0.15) is 36.8 Å². The third kappa shape index (κ3) is 5.53. The van der Waals surface area contributed by atoms with Gasteiger partial charge in [0.1, 0.15) is 0 Å². The molecule has 2 heteroatoms. The summed E-state index contributed by atoms with van der Waals surface area (Å²) in [4.78, 5) is 0. The number of nitrogens with one attached hydrogen (secondary N) is 1. The molecule has 0 aliphatic carbocycles. The van der Waals surface area contributed by atoms with Gasteiger partial charge in [0.05, 0.1) is 0 Å². The Morgan fingerprint density at radius 2 is 2.00 bits per heavy atom. The Morgan fingerprint density at radius 1 is 1.29 bits per heavy atom. The summed E-state index contributed by atoms with van der Waals surface area (Å²) >= 11 is 0. The molecule has 0 aliphatic rings. The van der Waals surface area contributed by atoms with Crippen LogP contribution in [0.3, 0.4) is 0 Å². The Bertz CT molecular complexity index is 348. The van der Waals surface area contributed by atoms with E-state index in [-0.39, 0.29) is 0 Å². The van der Waals surface area contributed by atoms with Gasteiger partial charge in [0.2, 0.25) is 0 Å². The van der Waals surface area contributed by atoms with Crippen molar-refractivity contribution in [3.8, 4) is 12.3 Å². The minimum absolute atomic E-state index is 0.365. The zero-order chi connectivity index (χ0) is 12.5. The van der Waals surface area contributed by atoms with Gasteiger partial charge in [-0.25, -0.2) is 0 Å². The molecule has 2 nitrogen and oxygen atoms in total. The van der Waals surface area contributed by atoms with E-state index in [1.165, 1.54) is 11.1 Å². The van der Waals surface area contributed by atoms with Crippen molar-refractivity contribution in [1.29, 1.82) is 0 Å². The Kier molecular flexibility index (Phi) is 6.39. The molecule has 0 radical (unpaired) electrons. The van der Waals surface area contributed by atoms with Crippen molar-refractivity contribution in [1.82, 2.24) is 5.43 Å². The van der Waals surface area contributed by atoms with Crippen LogP contribution in [0.2, 0.25) is 0 Å². The summed E-state index contributed by atoms with van der Waals surface area (Å²) in [5.41, 5.74) is 5.54. The second-order valence-electron chi connectivity index (χ2n) is 4.48. The number of terminal acetylenes is 1. The summed E-state index contributed by atoms with van der Waals surface area (Å²) in [5.74, 6) is 8.20. The number of aryl methyl sites for hydroxylation is 2. The van der Waals surface area contributed by atoms with Gasteiger partial charge in [0.25, 0.3) is 0 Å². The van der Waals surface area contributed by atoms with E-state index in [1.54, 1.807) is 0 Å². The summed E-state index contributed by atoms with van der Waals surface area (Å²) in [6, 6.07) is 9.04. The number of rotatable bonds is 7. The van der Waals surface area contributed by atoms with E-state index >= 15 is 0 Å². The molecule has 1 aromatic carbocycles. The highest BCUT2D eigenvalue weighted by atomic mass is 15.2. The van der Waals surface area contributed by atoms with Crippen LogP contribution in [0.15, 0.2) is 24.3 Å². The van der Waals surface area contributed by atoms with Crippen molar-refractivity contribution in [2.24, 2.45) is 5.84 Å². The Morgan fingerprint density at radius 3 is 2.59 bits per heavy atom. The van der Waals surface area contributed by atoms with E-state index in [1.807, 2.05) is 0 Å². The number of hydrazine groups is 1. The van der Waals surface area contributed by atoms with Crippen LogP contribution >= 0.6 is 0 Å². The van der Waals surface area contributed by atoms with Crippen LogP contribution in [-0.4, -0.2) is 6.04 Å². The Hall–Kier alpha value is -1.30. The zero-order valence-corrected chi connectivity index (χ0v) is 10.6. The molecule has 0 saturated heterocycles. The molecule has 0 bridgehead atoms. The van der Waals surface area contributed by atoms with Crippen molar-refractivity contribution < 1.29 is 0 Å². The number of benzene rings is 1. The predicted octanol–water partition coefficient (Wildman–Crippen LogP) is 2.56. The fourth-order valence-corrected chi connectivity index (χ4v) is 1.86. The third-order valence-electron chi connectivity index (χ3n) is 3.01. The average Bonchev–Trinajstić information content (AvgIpc) is 2.35. The van der Waals surface area contributed by atoms with Crippen LogP contribution in [0.5, 0.6) is 0 Å². The van der Waals surface area contributed by atoms with Crippen molar-refractivity contribution >= 4 is 0 Å². The number of hydrogen-bond donors (Lipinski definition) is 2. The molecule has 0 spiro atoms. The van der Waals surface area contributed by atoms with E-state index in [9.17, 15) is 0 Å². The zero-order valence-electron chi connectivity index (χ0n) is 10.6. The normalized spacial score (nSPS) is 12.1. The monoisotopic (exact) mass is 230 g/mol. The highest BCUT2D eigenvalue weighted by molar-refractivity contribution is 5.21. The molecule has 1 unspecified atom stereocenters.